The van der Waals surface area contributed by atoms with E-state index in [2.05, 4.69) is 22.6 Å². The summed E-state index contributed by atoms with van der Waals surface area (Å²) in [6.07, 6.45) is -5.60. The van der Waals surface area contributed by atoms with E-state index >= 15 is 0 Å². The minimum Gasteiger partial charge on any atom is -0.465 e. The Morgan fingerprint density at radius 1 is 0.889 bits per heavy atom. The van der Waals surface area contributed by atoms with Gasteiger partial charge in [0.25, 0.3) is 0 Å². The van der Waals surface area contributed by atoms with Crippen LogP contribution in [0.1, 0.15) is 52.4 Å². The third-order valence-corrected chi connectivity index (χ3v) is 4.77. The van der Waals surface area contributed by atoms with Gasteiger partial charge in [0.15, 0.2) is 5.92 Å². The molecule has 0 aromatic heterocycles. The smallest absolute Gasteiger partial charge is 0.453 e. The van der Waals surface area contributed by atoms with Crippen LogP contribution in [-0.2, 0) is 19.1 Å². The maximum Gasteiger partial charge on any atom is 0.453 e. The van der Waals surface area contributed by atoms with Gasteiger partial charge in [-0.2, -0.15) is 22.0 Å². The van der Waals surface area contributed by atoms with E-state index in [0.717, 1.165) is 10.8 Å². The van der Waals surface area contributed by atoms with Crippen molar-refractivity contribution in [2.24, 2.45) is 11.8 Å². The minimum atomic E-state index is -5.68. The van der Waals surface area contributed by atoms with E-state index in [-0.39, 0.29) is 19.6 Å². The van der Waals surface area contributed by atoms with Crippen molar-refractivity contribution in [1.29, 1.82) is 0 Å². The van der Waals surface area contributed by atoms with Crippen molar-refractivity contribution in [2.45, 2.75) is 64.5 Å². The zero-order valence-electron chi connectivity index (χ0n) is 15.4. The molecule has 0 bridgehead atoms. The highest BCUT2D eigenvalue weighted by Gasteiger charge is 2.57. The maximum atomic E-state index is 13.3. The molecule has 0 N–H and O–H groups in total. The van der Waals surface area contributed by atoms with Gasteiger partial charge < -0.3 is 9.47 Å². The van der Waals surface area contributed by atoms with E-state index < -0.39 is 48.7 Å². The Kier molecular flexibility index (Phi) is 12.4. The molecule has 0 aliphatic rings. The highest BCUT2D eigenvalue weighted by Crippen LogP contribution is 2.41. The van der Waals surface area contributed by atoms with Crippen LogP contribution in [0.15, 0.2) is 0 Å². The molecular formula is C17H26F5IO4. The minimum absolute atomic E-state index is 0.0466. The van der Waals surface area contributed by atoms with Crippen molar-refractivity contribution in [3.63, 3.8) is 0 Å². The number of rotatable bonds is 13. The first-order valence-electron chi connectivity index (χ1n) is 8.85. The fourth-order valence-electron chi connectivity index (χ4n) is 2.61. The summed E-state index contributed by atoms with van der Waals surface area (Å²) >= 11 is 2.16. The number of carbonyl (C=O) groups is 2. The summed E-state index contributed by atoms with van der Waals surface area (Å²) < 4.78 is 74.6. The van der Waals surface area contributed by atoms with Gasteiger partial charge >= 0.3 is 24.0 Å². The molecule has 0 fully saturated rings. The summed E-state index contributed by atoms with van der Waals surface area (Å²) in [5, 5.41) is 0. The second-order valence-corrected chi connectivity index (χ2v) is 7.10. The van der Waals surface area contributed by atoms with Crippen molar-refractivity contribution in [1.82, 2.24) is 0 Å². The predicted octanol–water partition coefficient (Wildman–Crippen LogP) is 5.32. The standard InChI is InChI=1S/C17H26F5IO4/c1-3-26-14(24)13(15(25)27-4-2)12(8-6-5-7-11-23)9-10-16(18,19)17(20,21)22/h12-13H,3-11H2,1-2H3. The second kappa shape index (κ2) is 12.7. The van der Waals surface area contributed by atoms with E-state index in [9.17, 15) is 31.5 Å². The zero-order chi connectivity index (χ0) is 21.1. The van der Waals surface area contributed by atoms with E-state index in [1.807, 2.05) is 0 Å². The number of alkyl halides is 6. The lowest BCUT2D eigenvalue weighted by atomic mass is 9.83. The molecule has 0 aliphatic carbocycles. The fourth-order valence-corrected chi connectivity index (χ4v) is 3.15. The normalized spacial score (nSPS) is 13.5. The third kappa shape index (κ3) is 9.38. The Bertz CT molecular complexity index is 439. The van der Waals surface area contributed by atoms with Crippen LogP contribution in [0.4, 0.5) is 22.0 Å². The first-order valence-corrected chi connectivity index (χ1v) is 10.4. The summed E-state index contributed by atoms with van der Waals surface area (Å²) in [5.74, 6) is -9.31. The zero-order valence-corrected chi connectivity index (χ0v) is 17.6. The van der Waals surface area contributed by atoms with Crippen molar-refractivity contribution in [2.75, 3.05) is 17.6 Å². The highest BCUT2D eigenvalue weighted by molar-refractivity contribution is 14.1. The first-order chi connectivity index (χ1) is 12.5. The summed E-state index contributed by atoms with van der Waals surface area (Å²) in [6.45, 7) is 2.92. The fraction of sp³-hybridized carbons (Fsp3) is 0.882. The van der Waals surface area contributed by atoms with Crippen LogP contribution < -0.4 is 0 Å². The molecular weight excluding hydrogens is 490 g/mol. The quantitative estimate of drug-likeness (QED) is 0.0831. The Hall–Kier alpha value is -0.680. The lowest BCUT2D eigenvalue weighted by Crippen LogP contribution is -2.39. The number of unbranched alkanes of at least 4 members (excludes halogenated alkanes) is 2. The molecule has 0 spiro atoms. The summed E-state index contributed by atoms with van der Waals surface area (Å²) in [5.41, 5.74) is 0. The van der Waals surface area contributed by atoms with Crippen LogP contribution in [0.3, 0.4) is 0 Å². The van der Waals surface area contributed by atoms with Crippen LogP contribution in [0.5, 0.6) is 0 Å². The van der Waals surface area contributed by atoms with Crippen molar-refractivity contribution >= 4 is 34.5 Å². The molecule has 160 valence electrons. The molecule has 0 aromatic rings. The number of ether oxygens (including phenoxy) is 2. The van der Waals surface area contributed by atoms with Crippen molar-refractivity contribution < 1.29 is 41.0 Å². The third-order valence-electron chi connectivity index (χ3n) is 4.00. The molecule has 1 atom stereocenters. The van der Waals surface area contributed by atoms with Gasteiger partial charge in [-0.15, -0.1) is 0 Å². The summed E-state index contributed by atoms with van der Waals surface area (Å²) in [6, 6.07) is 0. The molecule has 0 aromatic carbocycles. The number of hydrogen-bond donors (Lipinski definition) is 0. The van der Waals surface area contributed by atoms with E-state index in [4.69, 9.17) is 9.47 Å². The average Bonchev–Trinajstić information content (AvgIpc) is 2.55. The van der Waals surface area contributed by atoms with Gasteiger partial charge in [-0.05, 0) is 43.5 Å². The van der Waals surface area contributed by atoms with Crippen LogP contribution in [-0.4, -0.2) is 41.7 Å². The molecule has 0 saturated heterocycles. The van der Waals surface area contributed by atoms with Crippen LogP contribution in [0.2, 0.25) is 0 Å². The van der Waals surface area contributed by atoms with Crippen LogP contribution >= 0.6 is 22.6 Å². The van der Waals surface area contributed by atoms with Gasteiger partial charge in [-0.1, -0.05) is 35.4 Å². The monoisotopic (exact) mass is 516 g/mol. The molecule has 27 heavy (non-hydrogen) atoms. The van der Waals surface area contributed by atoms with Gasteiger partial charge in [-0.3, -0.25) is 9.59 Å². The van der Waals surface area contributed by atoms with Gasteiger partial charge in [0, 0.05) is 6.42 Å². The topological polar surface area (TPSA) is 52.6 Å². The highest BCUT2D eigenvalue weighted by atomic mass is 127. The second-order valence-electron chi connectivity index (χ2n) is 6.02. The Balaban J connectivity index is 5.40. The lowest BCUT2D eigenvalue weighted by Gasteiger charge is -2.27. The lowest BCUT2D eigenvalue weighted by molar-refractivity contribution is -0.285. The molecule has 10 heteroatoms. The molecule has 0 heterocycles. The van der Waals surface area contributed by atoms with Crippen LogP contribution in [0, 0.1) is 11.8 Å². The summed E-state index contributed by atoms with van der Waals surface area (Å²) in [4.78, 5) is 24.4. The van der Waals surface area contributed by atoms with Gasteiger partial charge in [0.05, 0.1) is 13.2 Å². The van der Waals surface area contributed by atoms with E-state index in [0.29, 0.717) is 12.8 Å². The molecule has 0 aliphatic heterocycles. The Morgan fingerprint density at radius 3 is 1.81 bits per heavy atom. The summed E-state index contributed by atoms with van der Waals surface area (Å²) in [7, 11) is 0. The number of carbonyl (C=O) groups excluding carboxylic acids is 2. The van der Waals surface area contributed by atoms with Gasteiger partial charge in [0.2, 0.25) is 0 Å². The Morgan fingerprint density at radius 2 is 1.41 bits per heavy atom. The van der Waals surface area contributed by atoms with Crippen LogP contribution in [0.25, 0.3) is 0 Å². The van der Waals surface area contributed by atoms with Crippen molar-refractivity contribution in [3.05, 3.63) is 0 Å². The first kappa shape index (κ1) is 26.3. The molecule has 0 rings (SSSR count). The number of halogens is 6. The average molecular weight is 516 g/mol. The Labute approximate surface area is 169 Å². The van der Waals surface area contributed by atoms with Gasteiger partial charge in [0.1, 0.15) is 0 Å². The molecule has 0 radical (unpaired) electrons. The SMILES string of the molecule is CCOC(=O)C(C(=O)OCC)C(CCCCCI)CCC(F)(F)C(F)(F)F. The van der Waals surface area contributed by atoms with E-state index in [1.165, 1.54) is 13.8 Å². The molecule has 0 amide bonds. The largest absolute Gasteiger partial charge is 0.465 e. The number of esters is 2. The number of hydrogen-bond acceptors (Lipinski definition) is 4. The molecule has 1 unspecified atom stereocenters. The molecule has 4 nitrogen and oxygen atoms in total. The predicted molar refractivity (Wildman–Crippen MR) is 97.8 cm³/mol. The van der Waals surface area contributed by atoms with Crippen molar-refractivity contribution in [3.8, 4) is 0 Å². The molecule has 0 saturated carbocycles. The maximum absolute atomic E-state index is 13.3. The van der Waals surface area contributed by atoms with Gasteiger partial charge in [-0.25, -0.2) is 0 Å². The van der Waals surface area contributed by atoms with E-state index in [1.54, 1.807) is 0 Å².